The minimum absolute atomic E-state index is 0.0654. The molecule has 1 aromatic rings. The van der Waals surface area contributed by atoms with Crippen molar-refractivity contribution in [3.05, 3.63) is 23.8 Å². The molecule has 3 N–H and O–H groups in total. The molecule has 19 heavy (non-hydrogen) atoms. The maximum atomic E-state index is 13.8. The third-order valence-corrected chi connectivity index (χ3v) is 2.50. The maximum absolute atomic E-state index is 13.8. The molecule has 0 bridgehead atoms. The van der Waals surface area contributed by atoms with Crippen LogP contribution in [-0.4, -0.2) is 30.5 Å². The number of hydrogen-bond acceptors (Lipinski definition) is 5. The Hall–Kier alpha value is -1.82. The molecule has 0 aliphatic heterocycles. The van der Waals surface area contributed by atoms with E-state index in [1.807, 2.05) is 0 Å². The van der Waals surface area contributed by atoms with Crippen molar-refractivity contribution in [2.24, 2.45) is 5.73 Å². The number of esters is 1. The van der Waals surface area contributed by atoms with Crippen molar-refractivity contribution < 1.29 is 23.8 Å². The molecule has 0 saturated carbocycles. The number of nitrogens with two attached hydrogens (primary N) is 1. The molecular weight excluding hydrogens is 253 g/mol. The highest BCUT2D eigenvalue weighted by molar-refractivity contribution is 5.75. The summed E-state index contributed by atoms with van der Waals surface area (Å²) in [5.41, 5.74) is 6.02. The van der Waals surface area contributed by atoms with Crippen molar-refractivity contribution in [1.82, 2.24) is 0 Å². The SMILES string of the molecule is CCOC(=O)C(F)[C@H](N)c1ccc(O)c(OCC)c1. The quantitative estimate of drug-likeness (QED) is 0.769. The smallest absolute Gasteiger partial charge is 0.342 e. The van der Waals surface area contributed by atoms with Crippen LogP contribution in [0, 0.1) is 0 Å². The summed E-state index contributed by atoms with van der Waals surface area (Å²) in [4.78, 5) is 11.3. The molecule has 0 amide bonds. The zero-order valence-electron chi connectivity index (χ0n) is 10.9. The predicted octanol–water partition coefficient (Wildman–Crippen LogP) is 1.69. The number of rotatable bonds is 6. The van der Waals surface area contributed by atoms with Crippen molar-refractivity contribution >= 4 is 5.97 Å². The first-order valence-corrected chi connectivity index (χ1v) is 6.03. The summed E-state index contributed by atoms with van der Waals surface area (Å²) in [6.07, 6.45) is -1.96. The number of benzene rings is 1. The molecular formula is C13H18FNO4. The van der Waals surface area contributed by atoms with Gasteiger partial charge in [0.15, 0.2) is 11.5 Å². The lowest BCUT2D eigenvalue weighted by Gasteiger charge is -2.17. The van der Waals surface area contributed by atoms with Gasteiger partial charge in [-0.15, -0.1) is 0 Å². The van der Waals surface area contributed by atoms with Gasteiger partial charge in [-0.05, 0) is 31.5 Å². The van der Waals surface area contributed by atoms with E-state index in [-0.39, 0.29) is 18.1 Å². The topological polar surface area (TPSA) is 81.8 Å². The van der Waals surface area contributed by atoms with Gasteiger partial charge in [-0.2, -0.15) is 0 Å². The lowest BCUT2D eigenvalue weighted by atomic mass is 10.0. The second kappa shape index (κ2) is 6.94. The van der Waals surface area contributed by atoms with Gasteiger partial charge in [-0.25, -0.2) is 9.18 Å². The second-order valence-corrected chi connectivity index (χ2v) is 3.84. The van der Waals surface area contributed by atoms with E-state index in [9.17, 15) is 14.3 Å². The summed E-state index contributed by atoms with van der Waals surface area (Å²) < 4.78 is 23.5. The highest BCUT2D eigenvalue weighted by atomic mass is 19.1. The van der Waals surface area contributed by atoms with Gasteiger partial charge in [0.1, 0.15) is 0 Å². The van der Waals surface area contributed by atoms with Crippen LogP contribution >= 0.6 is 0 Å². The molecule has 6 heteroatoms. The molecule has 106 valence electrons. The van der Waals surface area contributed by atoms with Crippen LogP contribution in [-0.2, 0) is 9.53 Å². The number of ether oxygens (including phenoxy) is 2. The molecule has 0 fully saturated rings. The fourth-order valence-electron chi connectivity index (χ4n) is 1.55. The highest BCUT2D eigenvalue weighted by Gasteiger charge is 2.28. The summed E-state index contributed by atoms with van der Waals surface area (Å²) >= 11 is 0. The average Bonchev–Trinajstić information content (AvgIpc) is 2.40. The van der Waals surface area contributed by atoms with Crippen molar-refractivity contribution in [2.45, 2.75) is 26.1 Å². The van der Waals surface area contributed by atoms with Crippen molar-refractivity contribution in [3.63, 3.8) is 0 Å². The Morgan fingerprint density at radius 2 is 2.11 bits per heavy atom. The van der Waals surface area contributed by atoms with E-state index in [0.717, 1.165) is 0 Å². The molecule has 0 aliphatic carbocycles. The summed E-state index contributed by atoms with van der Waals surface area (Å²) in [6.45, 7) is 3.78. The first-order chi connectivity index (χ1) is 9.01. The first-order valence-electron chi connectivity index (χ1n) is 6.03. The van der Waals surface area contributed by atoms with E-state index in [1.54, 1.807) is 13.8 Å². The Kier molecular flexibility index (Phi) is 5.57. The number of phenolic OH excluding ortho intramolecular Hbond substituents is 1. The third-order valence-electron chi connectivity index (χ3n) is 2.50. The van der Waals surface area contributed by atoms with Gasteiger partial charge in [-0.3, -0.25) is 0 Å². The van der Waals surface area contributed by atoms with Gasteiger partial charge in [0, 0.05) is 0 Å². The van der Waals surface area contributed by atoms with Crippen LogP contribution in [0.4, 0.5) is 4.39 Å². The third kappa shape index (κ3) is 3.82. The molecule has 0 saturated heterocycles. The molecule has 2 atom stereocenters. The molecule has 1 rings (SSSR count). The lowest BCUT2D eigenvalue weighted by molar-refractivity contribution is -0.149. The van der Waals surface area contributed by atoms with Crippen molar-refractivity contribution in [1.29, 1.82) is 0 Å². The van der Waals surface area contributed by atoms with Gasteiger partial charge in [0.2, 0.25) is 6.17 Å². The normalized spacial score (nSPS) is 13.7. The van der Waals surface area contributed by atoms with Crippen LogP contribution in [0.15, 0.2) is 18.2 Å². The Balaban J connectivity index is 2.89. The van der Waals surface area contributed by atoms with E-state index in [0.29, 0.717) is 12.2 Å². The van der Waals surface area contributed by atoms with Crippen LogP contribution in [0.5, 0.6) is 11.5 Å². The molecule has 0 radical (unpaired) electrons. The lowest BCUT2D eigenvalue weighted by Crippen LogP contribution is -2.31. The summed E-state index contributed by atoms with van der Waals surface area (Å²) in [5, 5.41) is 9.53. The summed E-state index contributed by atoms with van der Waals surface area (Å²) in [6, 6.07) is 3.03. The van der Waals surface area contributed by atoms with Gasteiger partial charge in [0.25, 0.3) is 0 Å². The molecule has 1 aromatic carbocycles. The number of halogens is 1. The number of alkyl halides is 1. The first kappa shape index (κ1) is 15.2. The van der Waals surface area contributed by atoms with Gasteiger partial charge >= 0.3 is 5.97 Å². The Morgan fingerprint density at radius 3 is 2.68 bits per heavy atom. The Bertz CT molecular complexity index is 439. The number of hydrogen-bond donors (Lipinski definition) is 2. The molecule has 0 aliphatic rings. The number of carbonyl (C=O) groups excluding carboxylic acids is 1. The minimum Gasteiger partial charge on any atom is -0.504 e. The van der Waals surface area contributed by atoms with Crippen LogP contribution in [0.25, 0.3) is 0 Å². The monoisotopic (exact) mass is 271 g/mol. The number of phenols is 1. The molecule has 0 heterocycles. The maximum Gasteiger partial charge on any atom is 0.342 e. The predicted molar refractivity (Wildman–Crippen MR) is 67.7 cm³/mol. The van der Waals surface area contributed by atoms with Crippen LogP contribution < -0.4 is 10.5 Å². The molecule has 0 spiro atoms. The number of carbonyl (C=O) groups is 1. The standard InChI is InChI=1S/C13H18FNO4/c1-3-18-10-7-8(5-6-9(10)16)12(15)11(14)13(17)19-4-2/h5-7,11-12,16H,3-4,15H2,1-2H3/t11?,12-/m1/s1. The molecule has 1 unspecified atom stereocenters. The Labute approximate surface area is 111 Å². The summed E-state index contributed by atoms with van der Waals surface area (Å²) in [5.74, 6) is -0.864. The van der Waals surface area contributed by atoms with E-state index >= 15 is 0 Å². The van der Waals surface area contributed by atoms with Crippen LogP contribution in [0.1, 0.15) is 25.5 Å². The van der Waals surface area contributed by atoms with Gasteiger partial charge in [0.05, 0.1) is 19.3 Å². The molecule has 0 aromatic heterocycles. The number of aromatic hydroxyl groups is 1. The van der Waals surface area contributed by atoms with E-state index in [1.165, 1.54) is 18.2 Å². The van der Waals surface area contributed by atoms with E-state index in [4.69, 9.17) is 10.5 Å². The fourth-order valence-corrected chi connectivity index (χ4v) is 1.55. The van der Waals surface area contributed by atoms with Crippen molar-refractivity contribution in [3.8, 4) is 11.5 Å². The second-order valence-electron chi connectivity index (χ2n) is 3.84. The highest BCUT2D eigenvalue weighted by Crippen LogP contribution is 2.30. The molecule has 5 nitrogen and oxygen atoms in total. The van der Waals surface area contributed by atoms with Crippen LogP contribution in [0.3, 0.4) is 0 Å². The fraction of sp³-hybridized carbons (Fsp3) is 0.462. The zero-order valence-corrected chi connectivity index (χ0v) is 10.9. The largest absolute Gasteiger partial charge is 0.504 e. The van der Waals surface area contributed by atoms with E-state index in [2.05, 4.69) is 4.74 Å². The zero-order chi connectivity index (χ0) is 14.4. The van der Waals surface area contributed by atoms with Gasteiger partial charge in [-0.1, -0.05) is 6.07 Å². The minimum atomic E-state index is -1.96. The van der Waals surface area contributed by atoms with Crippen LogP contribution in [0.2, 0.25) is 0 Å². The van der Waals surface area contributed by atoms with Crippen molar-refractivity contribution in [2.75, 3.05) is 13.2 Å². The van der Waals surface area contributed by atoms with E-state index < -0.39 is 18.2 Å². The van der Waals surface area contributed by atoms with Gasteiger partial charge < -0.3 is 20.3 Å². The average molecular weight is 271 g/mol. The Morgan fingerprint density at radius 1 is 1.42 bits per heavy atom. The summed E-state index contributed by atoms with van der Waals surface area (Å²) in [7, 11) is 0.